The van der Waals surface area contributed by atoms with E-state index in [0.29, 0.717) is 12.2 Å². The Morgan fingerprint density at radius 1 is 1.50 bits per heavy atom. The summed E-state index contributed by atoms with van der Waals surface area (Å²) in [6.07, 6.45) is 1.57. The van der Waals surface area contributed by atoms with Crippen molar-refractivity contribution in [3.8, 4) is 0 Å². The minimum Gasteiger partial charge on any atom is -0.333 e. The summed E-state index contributed by atoms with van der Waals surface area (Å²) in [4.78, 5) is 3.77. The number of nitrogens with zero attached hydrogens (tertiary/aromatic N) is 2. The highest BCUT2D eigenvalue weighted by Gasteiger charge is 2.27. The number of aromatic nitrogens is 2. The minimum atomic E-state index is -4.30. The highest BCUT2D eigenvalue weighted by molar-refractivity contribution is 8.00. The van der Waals surface area contributed by atoms with Crippen LogP contribution in [0.25, 0.3) is 0 Å². The summed E-state index contributed by atoms with van der Waals surface area (Å²) in [5, 5.41) is 4.58. The van der Waals surface area contributed by atoms with Gasteiger partial charge in [0.05, 0.1) is 0 Å². The van der Waals surface area contributed by atoms with Gasteiger partial charge in [-0.05, 0) is 11.8 Å². The quantitative estimate of drug-likeness (QED) is 0.890. The summed E-state index contributed by atoms with van der Waals surface area (Å²) in [5.41, 5.74) is -4.30. The summed E-state index contributed by atoms with van der Waals surface area (Å²) >= 11 is -0.165. The molecule has 0 atom stereocenters. The molecule has 0 aliphatic rings. The average Bonchev–Trinajstić information content (AvgIpc) is 2.58. The molecule has 10 heteroatoms. The number of nitrogens with two attached hydrogens (primary N) is 1. The van der Waals surface area contributed by atoms with E-state index in [4.69, 9.17) is 5.14 Å². The van der Waals surface area contributed by atoms with Crippen molar-refractivity contribution in [1.82, 2.24) is 9.55 Å². The van der Waals surface area contributed by atoms with E-state index in [1.165, 1.54) is 4.57 Å². The van der Waals surface area contributed by atoms with Crippen molar-refractivity contribution in [1.29, 1.82) is 0 Å². The van der Waals surface area contributed by atoms with E-state index >= 15 is 0 Å². The number of alkyl halides is 3. The number of aryl methyl sites for hydroxylation is 2. The predicted molar refractivity (Wildman–Crippen MR) is 61.5 cm³/mol. The van der Waals surface area contributed by atoms with Crippen molar-refractivity contribution in [2.75, 3.05) is 5.75 Å². The lowest BCUT2D eigenvalue weighted by Crippen LogP contribution is -2.12. The molecule has 1 aromatic rings. The number of halogens is 3. The Morgan fingerprint density at radius 2 is 2.11 bits per heavy atom. The first-order valence-corrected chi connectivity index (χ1v) is 7.46. The van der Waals surface area contributed by atoms with Crippen LogP contribution in [0.15, 0.2) is 11.2 Å². The monoisotopic (exact) mass is 303 g/mol. The molecule has 0 amide bonds. The van der Waals surface area contributed by atoms with Crippen LogP contribution >= 0.6 is 11.8 Å². The van der Waals surface area contributed by atoms with Crippen molar-refractivity contribution < 1.29 is 21.6 Å². The summed E-state index contributed by atoms with van der Waals surface area (Å²) in [6.45, 7) is 1.75. The molecule has 0 saturated carbocycles. The van der Waals surface area contributed by atoms with Gasteiger partial charge < -0.3 is 4.57 Å². The molecule has 0 aliphatic carbocycles. The highest BCUT2D eigenvalue weighted by Crippen LogP contribution is 2.30. The topological polar surface area (TPSA) is 78.0 Å². The fraction of sp³-hybridized carbons (Fsp3) is 0.625. The summed E-state index contributed by atoms with van der Waals surface area (Å²) in [5.74, 6) is 0.179. The zero-order valence-corrected chi connectivity index (χ0v) is 11.1. The third kappa shape index (κ3) is 4.50. The van der Waals surface area contributed by atoms with Crippen LogP contribution in [0.4, 0.5) is 13.2 Å². The molecule has 1 rings (SSSR count). The number of sulfonamides is 1. The molecule has 0 aromatic carbocycles. The first kappa shape index (κ1) is 15.3. The molecule has 0 saturated heterocycles. The lowest BCUT2D eigenvalue weighted by molar-refractivity contribution is -0.0328. The van der Waals surface area contributed by atoms with Gasteiger partial charge in [-0.15, -0.1) is 0 Å². The second-order valence-corrected chi connectivity index (χ2v) is 6.05. The Hall–Kier alpha value is -0.740. The van der Waals surface area contributed by atoms with Crippen LogP contribution in [0, 0.1) is 0 Å². The van der Waals surface area contributed by atoms with Crippen molar-refractivity contribution in [3.05, 3.63) is 12.0 Å². The van der Waals surface area contributed by atoms with Gasteiger partial charge in [0.1, 0.15) is 5.82 Å². The zero-order chi connectivity index (χ0) is 14.0. The van der Waals surface area contributed by atoms with Crippen LogP contribution in [-0.2, 0) is 23.0 Å². The SMILES string of the molecule is CCc1nc(S(N)(=O)=O)cn1CCSC(F)(F)F. The Bertz CT molecular complexity index is 510. The van der Waals surface area contributed by atoms with Gasteiger partial charge in [0.15, 0.2) is 5.03 Å². The molecule has 0 radical (unpaired) electrons. The number of primary sulfonamides is 1. The van der Waals surface area contributed by atoms with Gasteiger partial charge in [-0.2, -0.15) is 13.2 Å². The summed E-state index contributed by atoms with van der Waals surface area (Å²) in [7, 11) is -3.93. The third-order valence-corrected chi connectivity index (χ3v) is 3.54. The van der Waals surface area contributed by atoms with Crippen molar-refractivity contribution in [2.24, 2.45) is 5.14 Å². The lowest BCUT2D eigenvalue weighted by Gasteiger charge is -2.07. The molecule has 0 bridgehead atoms. The zero-order valence-electron chi connectivity index (χ0n) is 9.44. The van der Waals surface area contributed by atoms with Crippen LogP contribution in [0.2, 0.25) is 0 Å². The molecule has 1 aromatic heterocycles. The largest absolute Gasteiger partial charge is 0.441 e. The van der Waals surface area contributed by atoms with Crippen molar-refractivity contribution in [2.45, 2.75) is 30.4 Å². The molecule has 0 aliphatic heterocycles. The smallest absolute Gasteiger partial charge is 0.333 e. The second-order valence-electron chi connectivity index (χ2n) is 3.38. The van der Waals surface area contributed by atoms with Crippen molar-refractivity contribution in [3.63, 3.8) is 0 Å². The maximum absolute atomic E-state index is 12.0. The molecule has 2 N–H and O–H groups in total. The van der Waals surface area contributed by atoms with Gasteiger partial charge in [0.2, 0.25) is 0 Å². The van der Waals surface area contributed by atoms with Gasteiger partial charge in [0, 0.05) is 24.9 Å². The number of hydrogen-bond donors (Lipinski definition) is 1. The third-order valence-electron chi connectivity index (χ3n) is 2.04. The van der Waals surface area contributed by atoms with E-state index in [0.717, 1.165) is 6.20 Å². The first-order valence-electron chi connectivity index (χ1n) is 4.93. The van der Waals surface area contributed by atoms with Crippen LogP contribution in [0.5, 0.6) is 0 Å². The predicted octanol–water partition coefficient (Wildman–Crippen LogP) is 1.35. The van der Waals surface area contributed by atoms with E-state index in [1.54, 1.807) is 6.92 Å². The Morgan fingerprint density at radius 3 is 2.56 bits per heavy atom. The standard InChI is InChI=1S/C8H12F3N3O2S2/c1-2-6-13-7(18(12,15)16)5-14(6)3-4-17-8(9,10)11/h5H,2-4H2,1H3,(H2,12,15,16). The maximum atomic E-state index is 12.0. The molecule has 5 nitrogen and oxygen atoms in total. The molecule has 0 spiro atoms. The Balaban J connectivity index is 2.80. The van der Waals surface area contributed by atoms with Gasteiger partial charge in [-0.25, -0.2) is 18.5 Å². The van der Waals surface area contributed by atoms with Gasteiger partial charge >= 0.3 is 5.51 Å². The molecule has 104 valence electrons. The van der Waals surface area contributed by atoms with Crippen LogP contribution < -0.4 is 5.14 Å². The Kier molecular flexibility index (Phi) is 4.67. The minimum absolute atomic E-state index is 0.0237. The molecule has 18 heavy (non-hydrogen) atoms. The lowest BCUT2D eigenvalue weighted by atomic mass is 10.4. The van der Waals surface area contributed by atoms with Gasteiger partial charge in [-0.3, -0.25) is 0 Å². The summed E-state index contributed by atoms with van der Waals surface area (Å²) in [6, 6.07) is 0. The van der Waals surface area contributed by atoms with Crippen LogP contribution in [-0.4, -0.2) is 29.2 Å². The highest BCUT2D eigenvalue weighted by atomic mass is 32.2. The number of rotatable bonds is 5. The maximum Gasteiger partial charge on any atom is 0.441 e. The number of imidazole rings is 1. The fourth-order valence-corrected chi connectivity index (χ4v) is 2.33. The van der Waals surface area contributed by atoms with E-state index in [-0.39, 0.29) is 29.1 Å². The molecule has 0 unspecified atom stereocenters. The molecular formula is C8H12F3N3O2S2. The normalized spacial score (nSPS) is 12.9. The first-order chi connectivity index (χ1) is 8.13. The van der Waals surface area contributed by atoms with Crippen LogP contribution in [0.3, 0.4) is 0 Å². The van der Waals surface area contributed by atoms with E-state index in [1.807, 2.05) is 0 Å². The van der Waals surface area contributed by atoms with Crippen LogP contribution in [0.1, 0.15) is 12.7 Å². The van der Waals surface area contributed by atoms with E-state index in [9.17, 15) is 21.6 Å². The number of hydrogen-bond acceptors (Lipinski definition) is 4. The van der Waals surface area contributed by atoms with Crippen molar-refractivity contribution >= 4 is 21.8 Å². The molecule has 1 heterocycles. The molecule has 0 fully saturated rings. The average molecular weight is 303 g/mol. The summed E-state index contributed by atoms with van der Waals surface area (Å²) < 4.78 is 59.4. The second kappa shape index (κ2) is 5.49. The van der Waals surface area contributed by atoms with E-state index < -0.39 is 15.5 Å². The van der Waals surface area contributed by atoms with Gasteiger partial charge in [0.25, 0.3) is 10.0 Å². The molecular weight excluding hydrogens is 291 g/mol. The number of thioether (sulfide) groups is 1. The van der Waals surface area contributed by atoms with Gasteiger partial charge in [-0.1, -0.05) is 6.92 Å². The fourth-order valence-electron chi connectivity index (χ4n) is 1.30. The van der Waals surface area contributed by atoms with E-state index in [2.05, 4.69) is 4.98 Å². The Labute approximate surface area is 107 Å².